The second-order valence-electron chi connectivity index (χ2n) is 4.63. The molecule has 3 rings (SSSR count). The molecule has 0 aromatic carbocycles. The third-order valence-corrected chi connectivity index (χ3v) is 3.86. The summed E-state index contributed by atoms with van der Waals surface area (Å²) in [6.07, 6.45) is 1.81. The number of pyridine rings is 1. The van der Waals surface area contributed by atoms with E-state index >= 15 is 0 Å². The van der Waals surface area contributed by atoms with Crippen LogP contribution in [0, 0.1) is 6.92 Å². The molecule has 0 radical (unpaired) electrons. The van der Waals surface area contributed by atoms with Crippen molar-refractivity contribution in [1.29, 1.82) is 0 Å². The van der Waals surface area contributed by atoms with Gasteiger partial charge in [0.25, 0.3) is 5.91 Å². The van der Waals surface area contributed by atoms with E-state index in [4.69, 9.17) is 0 Å². The van der Waals surface area contributed by atoms with Crippen LogP contribution < -0.4 is 0 Å². The highest BCUT2D eigenvalue weighted by molar-refractivity contribution is 7.09. The summed E-state index contributed by atoms with van der Waals surface area (Å²) in [6.45, 7) is 2.45. The molecule has 0 unspecified atom stereocenters. The summed E-state index contributed by atoms with van der Waals surface area (Å²) in [4.78, 5) is 25.7. The average molecular weight is 286 g/mol. The largest absolute Gasteiger partial charge is 0.346 e. The molecule has 5 nitrogen and oxygen atoms in total. The van der Waals surface area contributed by atoms with Crippen LogP contribution in [-0.4, -0.2) is 32.8 Å². The number of nitrogens with one attached hydrogen (secondary N) is 1. The van der Waals surface area contributed by atoms with Gasteiger partial charge in [-0.2, -0.15) is 0 Å². The Kier molecular flexibility index (Phi) is 3.23. The Morgan fingerprint density at radius 1 is 1.35 bits per heavy atom. The van der Waals surface area contributed by atoms with E-state index in [1.54, 1.807) is 29.4 Å². The van der Waals surface area contributed by atoms with Crippen LogP contribution in [-0.2, 0) is 6.54 Å². The molecule has 3 heterocycles. The Morgan fingerprint density at radius 2 is 2.20 bits per heavy atom. The van der Waals surface area contributed by atoms with Crippen LogP contribution >= 0.6 is 11.3 Å². The van der Waals surface area contributed by atoms with Crippen molar-refractivity contribution in [3.63, 3.8) is 0 Å². The molecule has 1 amide bonds. The molecule has 0 fully saturated rings. The predicted molar refractivity (Wildman–Crippen MR) is 78.7 cm³/mol. The Balaban J connectivity index is 1.80. The van der Waals surface area contributed by atoms with Gasteiger partial charge in [-0.05, 0) is 25.1 Å². The maximum absolute atomic E-state index is 12.3. The molecule has 0 saturated heterocycles. The predicted octanol–water partition coefficient (Wildman–Crippen LogP) is 2.60. The normalized spacial score (nSPS) is 10.9. The Morgan fingerprint density at radius 3 is 2.95 bits per heavy atom. The van der Waals surface area contributed by atoms with E-state index in [1.165, 1.54) is 0 Å². The van der Waals surface area contributed by atoms with Crippen molar-refractivity contribution in [3.05, 3.63) is 46.2 Å². The number of H-pyrrole nitrogens is 1. The van der Waals surface area contributed by atoms with Gasteiger partial charge in [0.15, 0.2) is 0 Å². The van der Waals surface area contributed by atoms with Crippen LogP contribution in [0.15, 0.2) is 29.8 Å². The van der Waals surface area contributed by atoms with Crippen LogP contribution in [0.4, 0.5) is 0 Å². The first-order chi connectivity index (χ1) is 9.63. The van der Waals surface area contributed by atoms with Crippen molar-refractivity contribution >= 4 is 28.3 Å². The summed E-state index contributed by atoms with van der Waals surface area (Å²) >= 11 is 1.59. The van der Waals surface area contributed by atoms with Gasteiger partial charge in [0.2, 0.25) is 0 Å². The van der Waals surface area contributed by atoms with Crippen LogP contribution in [0.3, 0.4) is 0 Å². The lowest BCUT2D eigenvalue weighted by Crippen LogP contribution is -2.27. The fourth-order valence-corrected chi connectivity index (χ4v) is 2.64. The number of amides is 1. The SMILES string of the molecule is Cc1nc(CN(C)C(=O)c2ccc3cc[nH]c3n2)cs1. The number of fused-ring (bicyclic) bond motifs is 1. The molecule has 0 spiro atoms. The second-order valence-corrected chi connectivity index (χ2v) is 5.69. The monoisotopic (exact) mass is 286 g/mol. The van der Waals surface area contributed by atoms with Crippen LogP contribution in [0.2, 0.25) is 0 Å². The minimum Gasteiger partial charge on any atom is -0.346 e. The molecule has 20 heavy (non-hydrogen) atoms. The van der Waals surface area contributed by atoms with Gasteiger partial charge < -0.3 is 9.88 Å². The molecule has 3 aromatic heterocycles. The van der Waals surface area contributed by atoms with Gasteiger partial charge in [-0.15, -0.1) is 11.3 Å². The zero-order valence-electron chi connectivity index (χ0n) is 11.3. The topological polar surface area (TPSA) is 61.9 Å². The van der Waals surface area contributed by atoms with Crippen molar-refractivity contribution in [2.45, 2.75) is 13.5 Å². The van der Waals surface area contributed by atoms with Crippen molar-refractivity contribution in [2.75, 3.05) is 7.05 Å². The molecule has 102 valence electrons. The zero-order valence-corrected chi connectivity index (χ0v) is 12.1. The highest BCUT2D eigenvalue weighted by atomic mass is 32.1. The molecular weight excluding hydrogens is 272 g/mol. The number of aromatic amines is 1. The molecule has 0 aliphatic carbocycles. The number of hydrogen-bond donors (Lipinski definition) is 1. The zero-order chi connectivity index (χ0) is 14.1. The van der Waals surface area contributed by atoms with Gasteiger partial charge in [-0.25, -0.2) is 9.97 Å². The standard InChI is InChI=1S/C14H14N4OS/c1-9-16-11(8-20-9)7-18(2)14(19)12-4-3-10-5-6-15-13(10)17-12/h3-6,8H,7H2,1-2H3,(H,15,17). The smallest absolute Gasteiger partial charge is 0.272 e. The lowest BCUT2D eigenvalue weighted by Gasteiger charge is -2.15. The van der Waals surface area contributed by atoms with Crippen molar-refractivity contribution in [2.24, 2.45) is 0 Å². The summed E-state index contributed by atoms with van der Waals surface area (Å²) in [5, 5.41) is 3.98. The van der Waals surface area contributed by atoms with Gasteiger partial charge in [0.05, 0.1) is 17.2 Å². The molecule has 0 aliphatic rings. The summed E-state index contributed by atoms with van der Waals surface area (Å²) in [5.41, 5.74) is 2.08. The first-order valence-electron chi connectivity index (χ1n) is 6.24. The first kappa shape index (κ1) is 12.8. The molecule has 0 bridgehead atoms. The molecule has 1 N–H and O–H groups in total. The maximum atomic E-state index is 12.3. The van der Waals surface area contributed by atoms with Gasteiger partial charge >= 0.3 is 0 Å². The Bertz CT molecular complexity index is 761. The van der Waals surface area contributed by atoms with Gasteiger partial charge in [0, 0.05) is 24.0 Å². The summed E-state index contributed by atoms with van der Waals surface area (Å²) in [6, 6.07) is 5.58. The van der Waals surface area contributed by atoms with Gasteiger partial charge in [0.1, 0.15) is 11.3 Å². The lowest BCUT2D eigenvalue weighted by atomic mass is 10.2. The number of carbonyl (C=O) groups is 1. The fourth-order valence-electron chi connectivity index (χ4n) is 2.04. The second kappa shape index (κ2) is 5.05. The van der Waals surface area contributed by atoms with E-state index in [0.717, 1.165) is 21.7 Å². The maximum Gasteiger partial charge on any atom is 0.272 e. The third kappa shape index (κ3) is 2.42. The number of aromatic nitrogens is 3. The minimum absolute atomic E-state index is 0.104. The Labute approximate surface area is 120 Å². The van der Waals surface area contributed by atoms with Crippen molar-refractivity contribution in [1.82, 2.24) is 19.9 Å². The van der Waals surface area contributed by atoms with E-state index in [1.807, 2.05) is 30.6 Å². The molecule has 3 aromatic rings. The number of rotatable bonds is 3. The summed E-state index contributed by atoms with van der Waals surface area (Å²) < 4.78 is 0. The quantitative estimate of drug-likeness (QED) is 0.805. The molecule has 0 saturated carbocycles. The van der Waals surface area contributed by atoms with Crippen molar-refractivity contribution in [3.8, 4) is 0 Å². The summed E-state index contributed by atoms with van der Waals surface area (Å²) in [7, 11) is 1.76. The van der Waals surface area contributed by atoms with E-state index < -0.39 is 0 Å². The first-order valence-corrected chi connectivity index (χ1v) is 7.12. The van der Waals surface area contributed by atoms with Crippen LogP contribution in [0.25, 0.3) is 11.0 Å². The fraction of sp³-hybridized carbons (Fsp3) is 0.214. The minimum atomic E-state index is -0.104. The van der Waals surface area contributed by atoms with Gasteiger partial charge in [-0.3, -0.25) is 4.79 Å². The molecular formula is C14H14N4OS. The van der Waals surface area contributed by atoms with Crippen LogP contribution in [0.1, 0.15) is 21.2 Å². The number of aryl methyl sites for hydroxylation is 1. The van der Waals surface area contributed by atoms with Crippen LogP contribution in [0.5, 0.6) is 0 Å². The number of nitrogens with zero attached hydrogens (tertiary/aromatic N) is 3. The molecule has 0 aliphatic heterocycles. The number of carbonyl (C=O) groups excluding carboxylic acids is 1. The Hall–Kier alpha value is -2.21. The highest BCUT2D eigenvalue weighted by Crippen LogP contribution is 2.14. The van der Waals surface area contributed by atoms with E-state index in [0.29, 0.717) is 12.2 Å². The summed E-state index contributed by atoms with van der Waals surface area (Å²) in [5.74, 6) is -0.104. The third-order valence-electron chi connectivity index (χ3n) is 3.04. The molecule has 6 heteroatoms. The average Bonchev–Trinajstić information content (AvgIpc) is 3.05. The van der Waals surface area contributed by atoms with Gasteiger partial charge in [-0.1, -0.05) is 0 Å². The molecule has 0 atom stereocenters. The van der Waals surface area contributed by atoms with Crippen molar-refractivity contribution < 1.29 is 4.79 Å². The highest BCUT2D eigenvalue weighted by Gasteiger charge is 2.15. The van der Waals surface area contributed by atoms with E-state index in [2.05, 4.69) is 15.0 Å². The van der Waals surface area contributed by atoms with E-state index in [-0.39, 0.29) is 5.91 Å². The number of hydrogen-bond acceptors (Lipinski definition) is 4. The number of thiazole rings is 1. The lowest BCUT2D eigenvalue weighted by molar-refractivity contribution is 0.0778. The van der Waals surface area contributed by atoms with E-state index in [9.17, 15) is 4.79 Å².